The topological polar surface area (TPSA) is 24.4 Å². The molecule has 0 bridgehead atoms. The zero-order chi connectivity index (χ0) is 8.39. The van der Waals surface area contributed by atoms with E-state index in [1.54, 1.807) is 11.3 Å². The standard InChI is InChI=1S/C9H10N2S/c1-7-5-8(11-10-6-7)9-3-2-4-12-9/h2-5,10H,6H2,1H3. The molecule has 1 aliphatic rings. The van der Waals surface area contributed by atoms with Crippen LogP contribution >= 0.6 is 11.3 Å². The van der Waals surface area contributed by atoms with E-state index in [1.165, 1.54) is 10.5 Å². The number of nitrogens with one attached hydrogen (secondary N) is 1. The second-order valence-corrected chi connectivity index (χ2v) is 3.75. The summed E-state index contributed by atoms with van der Waals surface area (Å²) in [6.45, 7) is 2.98. The molecule has 0 atom stereocenters. The van der Waals surface area contributed by atoms with Crippen molar-refractivity contribution < 1.29 is 0 Å². The van der Waals surface area contributed by atoms with E-state index < -0.39 is 0 Å². The van der Waals surface area contributed by atoms with E-state index in [-0.39, 0.29) is 0 Å². The summed E-state index contributed by atoms with van der Waals surface area (Å²) in [5.74, 6) is 0. The van der Waals surface area contributed by atoms with Gasteiger partial charge in [0.2, 0.25) is 0 Å². The Bertz CT molecular complexity index is 322. The number of hydrazone groups is 1. The summed E-state index contributed by atoms with van der Waals surface area (Å²) in [7, 11) is 0. The lowest BCUT2D eigenvalue weighted by Crippen LogP contribution is -2.17. The van der Waals surface area contributed by atoms with Gasteiger partial charge < -0.3 is 5.43 Å². The van der Waals surface area contributed by atoms with Crippen LogP contribution in [0.4, 0.5) is 0 Å². The van der Waals surface area contributed by atoms with Crippen molar-refractivity contribution in [3.05, 3.63) is 34.0 Å². The van der Waals surface area contributed by atoms with Crippen LogP contribution in [0.3, 0.4) is 0 Å². The lowest BCUT2D eigenvalue weighted by atomic mass is 10.2. The third kappa shape index (κ3) is 1.41. The molecule has 0 aromatic carbocycles. The molecule has 1 N–H and O–H groups in total. The van der Waals surface area contributed by atoms with E-state index in [0.717, 1.165) is 12.3 Å². The van der Waals surface area contributed by atoms with Crippen LogP contribution in [-0.4, -0.2) is 12.3 Å². The Labute approximate surface area is 75.6 Å². The molecule has 3 heteroatoms. The fraction of sp³-hybridized carbons (Fsp3) is 0.222. The molecule has 62 valence electrons. The summed E-state index contributed by atoms with van der Waals surface area (Å²) in [6, 6.07) is 4.13. The monoisotopic (exact) mass is 178 g/mol. The summed E-state index contributed by atoms with van der Waals surface area (Å²) < 4.78 is 0. The summed E-state index contributed by atoms with van der Waals surface area (Å²) in [6.07, 6.45) is 2.13. The molecular weight excluding hydrogens is 168 g/mol. The van der Waals surface area contributed by atoms with E-state index in [2.05, 4.69) is 35.0 Å². The molecule has 2 rings (SSSR count). The Morgan fingerprint density at radius 1 is 1.58 bits per heavy atom. The van der Waals surface area contributed by atoms with Gasteiger partial charge in [-0.3, -0.25) is 0 Å². The average Bonchev–Trinajstić information content (AvgIpc) is 2.56. The van der Waals surface area contributed by atoms with Gasteiger partial charge in [0, 0.05) is 0 Å². The van der Waals surface area contributed by atoms with Crippen molar-refractivity contribution in [1.82, 2.24) is 5.43 Å². The predicted octanol–water partition coefficient (Wildman–Crippen LogP) is 2.00. The van der Waals surface area contributed by atoms with Crippen LogP contribution in [0, 0.1) is 0 Å². The van der Waals surface area contributed by atoms with Gasteiger partial charge in [0.15, 0.2) is 0 Å². The van der Waals surface area contributed by atoms with Gasteiger partial charge in [-0.05, 0) is 24.4 Å². The highest BCUT2D eigenvalue weighted by atomic mass is 32.1. The van der Waals surface area contributed by atoms with Crippen LogP contribution in [0.25, 0.3) is 0 Å². The van der Waals surface area contributed by atoms with Crippen molar-refractivity contribution in [3.8, 4) is 0 Å². The van der Waals surface area contributed by atoms with Crippen molar-refractivity contribution in [2.24, 2.45) is 5.10 Å². The van der Waals surface area contributed by atoms with Crippen molar-refractivity contribution in [2.45, 2.75) is 6.92 Å². The van der Waals surface area contributed by atoms with Crippen molar-refractivity contribution >= 4 is 17.0 Å². The first-order chi connectivity index (χ1) is 5.86. The number of hydrogen-bond acceptors (Lipinski definition) is 3. The fourth-order valence-corrected chi connectivity index (χ4v) is 1.80. The maximum Gasteiger partial charge on any atom is 0.100 e. The number of rotatable bonds is 1. The van der Waals surface area contributed by atoms with E-state index in [1.807, 2.05) is 6.07 Å². The van der Waals surface area contributed by atoms with Crippen molar-refractivity contribution in [1.29, 1.82) is 0 Å². The molecule has 0 spiro atoms. The number of nitrogens with zero attached hydrogens (tertiary/aromatic N) is 1. The molecule has 1 aromatic rings. The zero-order valence-corrected chi connectivity index (χ0v) is 7.69. The second kappa shape index (κ2) is 3.11. The fourth-order valence-electron chi connectivity index (χ4n) is 1.12. The number of thiophene rings is 1. The lowest BCUT2D eigenvalue weighted by Gasteiger charge is -2.09. The Hall–Kier alpha value is -1.09. The first-order valence-corrected chi connectivity index (χ1v) is 4.76. The Kier molecular flexibility index (Phi) is 1.96. The molecule has 0 fully saturated rings. The van der Waals surface area contributed by atoms with Gasteiger partial charge in [0.25, 0.3) is 0 Å². The normalized spacial score (nSPS) is 16.4. The first-order valence-electron chi connectivity index (χ1n) is 3.88. The summed E-state index contributed by atoms with van der Waals surface area (Å²) in [4.78, 5) is 1.22. The minimum absolute atomic E-state index is 0.870. The predicted molar refractivity (Wildman–Crippen MR) is 52.6 cm³/mol. The van der Waals surface area contributed by atoms with Gasteiger partial charge >= 0.3 is 0 Å². The highest BCUT2D eigenvalue weighted by Crippen LogP contribution is 2.13. The molecule has 2 nitrogen and oxygen atoms in total. The third-order valence-electron chi connectivity index (χ3n) is 1.71. The van der Waals surface area contributed by atoms with Gasteiger partial charge in [-0.15, -0.1) is 11.3 Å². The minimum Gasteiger partial charge on any atom is -0.305 e. The second-order valence-electron chi connectivity index (χ2n) is 2.80. The molecule has 1 aromatic heterocycles. The van der Waals surface area contributed by atoms with Crippen LogP contribution in [0.1, 0.15) is 11.8 Å². The van der Waals surface area contributed by atoms with Crippen LogP contribution in [0.15, 0.2) is 34.3 Å². The van der Waals surface area contributed by atoms with E-state index in [4.69, 9.17) is 0 Å². The summed E-state index contributed by atoms with van der Waals surface area (Å²) >= 11 is 1.72. The molecule has 12 heavy (non-hydrogen) atoms. The van der Waals surface area contributed by atoms with E-state index in [0.29, 0.717) is 0 Å². The first kappa shape index (κ1) is 7.55. The summed E-state index contributed by atoms with van der Waals surface area (Å²) in [5.41, 5.74) is 5.38. The molecule has 0 aliphatic carbocycles. The van der Waals surface area contributed by atoms with E-state index >= 15 is 0 Å². The molecule has 0 radical (unpaired) electrons. The van der Waals surface area contributed by atoms with Crippen molar-refractivity contribution in [2.75, 3.05) is 6.54 Å². The lowest BCUT2D eigenvalue weighted by molar-refractivity contribution is 0.788. The van der Waals surface area contributed by atoms with Gasteiger partial charge in [0.1, 0.15) is 5.71 Å². The van der Waals surface area contributed by atoms with Crippen LogP contribution in [0.2, 0.25) is 0 Å². The number of hydrogen-bond donors (Lipinski definition) is 1. The van der Waals surface area contributed by atoms with Gasteiger partial charge in [-0.1, -0.05) is 11.6 Å². The molecule has 0 saturated carbocycles. The van der Waals surface area contributed by atoms with Crippen LogP contribution in [-0.2, 0) is 0 Å². The Morgan fingerprint density at radius 3 is 3.17 bits per heavy atom. The molecule has 0 saturated heterocycles. The number of allylic oxidation sites excluding steroid dienone is 1. The highest BCUT2D eigenvalue weighted by Gasteiger charge is 2.05. The average molecular weight is 178 g/mol. The summed E-state index contributed by atoms with van der Waals surface area (Å²) in [5, 5.41) is 6.29. The molecular formula is C9H10N2S. The molecule has 1 aliphatic heterocycles. The van der Waals surface area contributed by atoms with Gasteiger partial charge in [-0.25, -0.2) is 0 Å². The van der Waals surface area contributed by atoms with Crippen LogP contribution in [0.5, 0.6) is 0 Å². The maximum atomic E-state index is 4.22. The Balaban J connectivity index is 2.31. The smallest absolute Gasteiger partial charge is 0.100 e. The quantitative estimate of drug-likeness (QED) is 0.699. The van der Waals surface area contributed by atoms with Crippen LogP contribution < -0.4 is 5.43 Å². The van der Waals surface area contributed by atoms with Crippen molar-refractivity contribution in [3.63, 3.8) is 0 Å². The maximum absolute atomic E-state index is 4.22. The SMILES string of the molecule is CC1=CC(c2cccs2)=NNC1. The minimum atomic E-state index is 0.870. The third-order valence-corrected chi connectivity index (χ3v) is 2.61. The Morgan fingerprint density at radius 2 is 2.50 bits per heavy atom. The zero-order valence-electron chi connectivity index (χ0n) is 6.87. The molecule has 0 amide bonds. The molecule has 2 heterocycles. The van der Waals surface area contributed by atoms with Gasteiger partial charge in [-0.2, -0.15) is 5.10 Å². The van der Waals surface area contributed by atoms with E-state index in [9.17, 15) is 0 Å². The molecule has 0 unspecified atom stereocenters. The van der Waals surface area contributed by atoms with Gasteiger partial charge in [0.05, 0.1) is 11.4 Å². The largest absolute Gasteiger partial charge is 0.305 e. The highest BCUT2D eigenvalue weighted by molar-refractivity contribution is 7.12.